The maximum Gasteiger partial charge on any atom is 2.00 e. The Kier molecular flexibility index (Phi) is 5.50. The zero-order valence-corrected chi connectivity index (χ0v) is 15.6. The molecule has 0 saturated carbocycles. The number of halogens is 1. The molecule has 0 radical (unpaired) electrons. The van der Waals surface area contributed by atoms with Gasteiger partial charge in [-0.15, -0.1) is 11.5 Å². The van der Waals surface area contributed by atoms with Gasteiger partial charge < -0.3 is 24.9 Å². The fraction of sp³-hybridized carbons (Fsp3) is 0.0667. The summed E-state index contributed by atoms with van der Waals surface area (Å²) in [6.07, 6.45) is 0. The van der Waals surface area contributed by atoms with Gasteiger partial charge in [-0.05, 0) is 6.07 Å². The summed E-state index contributed by atoms with van der Waals surface area (Å²) in [6, 6.07) is 11.9. The van der Waals surface area contributed by atoms with Crippen molar-refractivity contribution in [1.82, 2.24) is 5.32 Å². The number of hydrogen-bond donors (Lipinski definition) is 3. The number of carbonyl (C=O) groups is 1. The summed E-state index contributed by atoms with van der Waals surface area (Å²) in [6.45, 7) is 1.10. The van der Waals surface area contributed by atoms with Gasteiger partial charge in [0, 0.05) is 11.1 Å². The third kappa shape index (κ3) is 3.00. The average molecular weight is 513 g/mol. The minimum absolute atomic E-state index is 0. The number of hydrogen-bond acceptors (Lipinski definition) is 5. The van der Waals surface area contributed by atoms with Crippen LogP contribution in [0.2, 0.25) is 5.02 Å². The van der Waals surface area contributed by atoms with E-state index >= 15 is 0 Å². The van der Waals surface area contributed by atoms with Crippen molar-refractivity contribution in [3.8, 4) is 0 Å². The van der Waals surface area contributed by atoms with Crippen molar-refractivity contribution in [3.05, 3.63) is 64.2 Å². The summed E-state index contributed by atoms with van der Waals surface area (Å²) in [5, 5.41) is 23.0. The molecule has 0 spiro atoms. The molecular formula is C15H9BClNO5W. The first kappa shape index (κ1) is 18.7. The van der Waals surface area contributed by atoms with Gasteiger partial charge in [0.15, 0.2) is 0 Å². The van der Waals surface area contributed by atoms with Crippen molar-refractivity contribution in [1.29, 1.82) is 0 Å². The van der Waals surface area contributed by atoms with Crippen LogP contribution in [0.1, 0.15) is 21.5 Å². The van der Waals surface area contributed by atoms with Gasteiger partial charge in [0.25, 0.3) is 5.91 Å². The molecule has 9 heteroatoms. The fourth-order valence-electron chi connectivity index (χ4n) is 2.51. The Morgan fingerprint density at radius 2 is 2.08 bits per heavy atom. The molecule has 6 nitrogen and oxygen atoms in total. The van der Waals surface area contributed by atoms with E-state index in [0.717, 1.165) is 6.47 Å². The predicted octanol–water partition coefficient (Wildman–Crippen LogP) is -0.154. The number of benzene rings is 2. The molecule has 1 unspecified atom stereocenters. The van der Waals surface area contributed by atoms with Gasteiger partial charge >= 0.3 is 28.2 Å². The second-order valence-corrected chi connectivity index (χ2v) is 5.32. The number of nitrogens with one attached hydrogen (secondary N) is 1. The topological polar surface area (TPSA) is 95.9 Å². The van der Waals surface area contributed by atoms with Crippen LogP contribution in [0.4, 0.5) is 0 Å². The van der Waals surface area contributed by atoms with Crippen LogP contribution in [0.25, 0.3) is 0 Å². The molecular weight excluding hydrogens is 504 g/mol. The molecule has 3 N–H and O–H groups in total. The summed E-state index contributed by atoms with van der Waals surface area (Å²) in [5.41, 5.74) is -0.740. The van der Waals surface area contributed by atoms with Gasteiger partial charge in [-0.1, -0.05) is 35.3 Å². The van der Waals surface area contributed by atoms with Gasteiger partial charge in [0.2, 0.25) is 0 Å². The van der Waals surface area contributed by atoms with Crippen LogP contribution in [0, 0.1) is 6.07 Å². The molecule has 1 heterocycles. The van der Waals surface area contributed by atoms with Crippen LogP contribution in [0.15, 0.2) is 36.4 Å². The van der Waals surface area contributed by atoms with Crippen molar-refractivity contribution in [3.63, 3.8) is 0 Å². The van der Waals surface area contributed by atoms with Crippen LogP contribution < -0.4 is 10.8 Å². The largest absolute Gasteiger partial charge is 2.00 e. The quantitative estimate of drug-likeness (QED) is 0.391. The van der Waals surface area contributed by atoms with Crippen LogP contribution >= 0.6 is 11.6 Å². The molecule has 0 aliphatic carbocycles. The number of carbonyl (C=O) groups excluding carboxylic acids is 2. The van der Waals surface area contributed by atoms with E-state index in [1.54, 1.807) is 24.3 Å². The van der Waals surface area contributed by atoms with E-state index in [1.165, 1.54) is 12.1 Å². The average Bonchev–Trinajstić information content (AvgIpc) is 2.80. The third-order valence-corrected chi connectivity index (χ3v) is 3.92. The molecule has 1 aliphatic rings. The molecule has 3 rings (SSSR count). The van der Waals surface area contributed by atoms with E-state index in [4.69, 9.17) is 11.6 Å². The van der Waals surface area contributed by atoms with Crippen molar-refractivity contribution in [2.75, 3.05) is 0 Å². The number of amides is 1. The van der Waals surface area contributed by atoms with Crippen LogP contribution in [0.5, 0.6) is 0 Å². The molecule has 2 aromatic carbocycles. The van der Waals surface area contributed by atoms with E-state index in [9.17, 15) is 19.7 Å². The zero-order chi connectivity index (χ0) is 16.6. The normalized spacial score (nSPS) is 18.2. The Morgan fingerprint density at radius 3 is 2.75 bits per heavy atom. The van der Waals surface area contributed by atoms with Crippen molar-refractivity contribution < 1.29 is 45.4 Å². The molecule has 0 fully saturated rings. The molecule has 0 aromatic heterocycles. The SMILES string of the molecule is O=[C-]OB(O)c1[c-]cc(C2(O)NC(=O)c3ccccc32)cc1Cl.[W+2]. The smallest absolute Gasteiger partial charge is 0.702 e. The third-order valence-electron chi connectivity index (χ3n) is 3.60. The van der Waals surface area contributed by atoms with Crippen LogP contribution in [-0.4, -0.2) is 29.6 Å². The van der Waals surface area contributed by atoms with E-state index in [1.807, 2.05) is 0 Å². The second kappa shape index (κ2) is 7.07. The molecule has 0 bridgehead atoms. The number of aliphatic hydroxyl groups is 1. The van der Waals surface area contributed by atoms with E-state index in [0.29, 0.717) is 11.1 Å². The van der Waals surface area contributed by atoms with Crippen molar-refractivity contribution in [2.24, 2.45) is 0 Å². The summed E-state index contributed by atoms with van der Waals surface area (Å²) < 4.78 is 4.27. The molecule has 2 aromatic rings. The van der Waals surface area contributed by atoms with Crippen LogP contribution in [-0.2, 0) is 36.2 Å². The van der Waals surface area contributed by atoms with Gasteiger partial charge in [-0.3, -0.25) is 4.79 Å². The predicted molar refractivity (Wildman–Crippen MR) is 81.6 cm³/mol. The molecule has 1 amide bonds. The van der Waals surface area contributed by atoms with Gasteiger partial charge in [0.1, 0.15) is 5.72 Å². The number of rotatable bonds is 4. The van der Waals surface area contributed by atoms with E-state index in [2.05, 4.69) is 16.0 Å². The van der Waals surface area contributed by atoms with Crippen molar-refractivity contribution in [2.45, 2.75) is 5.72 Å². The Labute approximate surface area is 157 Å². The summed E-state index contributed by atoms with van der Waals surface area (Å²) >= 11 is 6.04. The Balaban J connectivity index is 0.00000208. The maximum atomic E-state index is 12.0. The summed E-state index contributed by atoms with van der Waals surface area (Å²) in [7, 11) is -1.62. The standard InChI is InChI=1S/C15H9BClNO5.W/c17-13-7-9(5-6-12(13)16(22)23-8-19)15(21)11-4-2-1-3-10(11)14(20)18-15;/h1-5,7,21-22H,(H,18,20);/q-2;+2. The molecule has 120 valence electrons. The second-order valence-electron chi connectivity index (χ2n) is 4.91. The first-order chi connectivity index (χ1) is 11.0. The molecule has 0 saturated heterocycles. The first-order valence-electron chi connectivity index (χ1n) is 6.54. The monoisotopic (exact) mass is 513 g/mol. The van der Waals surface area contributed by atoms with Crippen molar-refractivity contribution >= 4 is 36.6 Å². The Bertz CT molecular complexity index is 805. The molecule has 24 heavy (non-hydrogen) atoms. The summed E-state index contributed by atoms with van der Waals surface area (Å²) in [4.78, 5) is 22.1. The Hall–Kier alpha value is -1.66. The maximum absolute atomic E-state index is 12.0. The van der Waals surface area contributed by atoms with Gasteiger partial charge in [-0.25, -0.2) is 0 Å². The summed E-state index contributed by atoms with van der Waals surface area (Å²) in [5.74, 6) is -0.415. The molecule has 1 atom stereocenters. The van der Waals surface area contributed by atoms with Gasteiger partial charge in [0.05, 0.1) is 0 Å². The fourth-order valence-corrected chi connectivity index (χ4v) is 2.77. The minimum Gasteiger partial charge on any atom is -0.702 e. The molecule has 1 aliphatic heterocycles. The minimum atomic E-state index is -1.76. The van der Waals surface area contributed by atoms with Gasteiger partial charge in [-0.2, -0.15) is 23.7 Å². The zero-order valence-electron chi connectivity index (χ0n) is 11.9. The van der Waals surface area contributed by atoms with E-state index < -0.39 is 18.8 Å². The Morgan fingerprint density at radius 1 is 1.38 bits per heavy atom. The van der Waals surface area contributed by atoms with E-state index in [-0.39, 0.29) is 37.1 Å². The number of fused-ring (bicyclic) bond motifs is 1. The van der Waals surface area contributed by atoms with Crippen LogP contribution in [0.3, 0.4) is 0 Å². The first-order valence-corrected chi connectivity index (χ1v) is 6.92.